The zero-order valence-corrected chi connectivity index (χ0v) is 15.3. The van der Waals surface area contributed by atoms with Gasteiger partial charge in [0.25, 0.3) is 5.91 Å². The van der Waals surface area contributed by atoms with Crippen LogP contribution in [0.2, 0.25) is 0 Å². The molecule has 1 aromatic heterocycles. The fraction of sp³-hybridized carbons (Fsp3) is 0.150. The van der Waals surface area contributed by atoms with Crippen molar-refractivity contribution in [2.75, 3.05) is 5.75 Å². The Morgan fingerprint density at radius 3 is 2.44 bits per heavy atom. The monoisotopic (exact) mass is 381 g/mol. The molecule has 0 aliphatic heterocycles. The number of carbonyl (C=O) groups is 2. The molecule has 7 heteroatoms. The second kappa shape index (κ2) is 8.55. The minimum Gasteiger partial charge on any atom is -0.368 e. The van der Waals surface area contributed by atoms with Crippen molar-refractivity contribution in [2.24, 2.45) is 5.73 Å². The summed E-state index contributed by atoms with van der Waals surface area (Å²) in [6.45, 7) is 0. The van der Waals surface area contributed by atoms with Crippen LogP contribution in [0.25, 0.3) is 10.9 Å². The number of benzene rings is 2. The van der Waals surface area contributed by atoms with Gasteiger partial charge in [0.1, 0.15) is 11.7 Å². The van der Waals surface area contributed by atoms with Crippen molar-refractivity contribution in [3.63, 3.8) is 0 Å². The summed E-state index contributed by atoms with van der Waals surface area (Å²) in [4.78, 5) is 29.2. The van der Waals surface area contributed by atoms with Crippen molar-refractivity contribution in [3.05, 3.63) is 72.4 Å². The summed E-state index contributed by atoms with van der Waals surface area (Å²) in [5.74, 6) is -0.951. The molecule has 0 radical (unpaired) electrons. The molecule has 0 fully saturated rings. The quantitative estimate of drug-likeness (QED) is 0.653. The number of nitrogens with two attached hydrogens (primary N) is 1. The fourth-order valence-corrected chi connectivity index (χ4v) is 3.77. The van der Waals surface area contributed by atoms with Gasteiger partial charge in [0, 0.05) is 16.0 Å². The van der Waals surface area contributed by atoms with Gasteiger partial charge in [-0.1, -0.05) is 42.5 Å². The van der Waals surface area contributed by atoms with Crippen molar-refractivity contribution in [2.45, 2.75) is 17.4 Å². The van der Waals surface area contributed by atoms with E-state index in [1.54, 1.807) is 42.5 Å². The third kappa shape index (κ3) is 4.77. The molecule has 2 amide bonds. The molecule has 2 aromatic carbocycles. The van der Waals surface area contributed by atoms with E-state index in [-0.39, 0.29) is 17.9 Å². The summed E-state index contributed by atoms with van der Waals surface area (Å²) in [5, 5.41) is 3.51. The van der Waals surface area contributed by atoms with Gasteiger partial charge in [-0.15, -0.1) is 0 Å². The minimum absolute atomic E-state index is 0.177. The molecule has 0 bridgehead atoms. The molecule has 138 valence electrons. The maximum atomic E-state index is 12.5. The Morgan fingerprint density at radius 2 is 1.70 bits per heavy atom. The molecule has 0 saturated carbocycles. The van der Waals surface area contributed by atoms with Gasteiger partial charge < -0.3 is 11.1 Å². The average molecular weight is 381 g/mol. The molecule has 2 atom stereocenters. The predicted molar refractivity (Wildman–Crippen MR) is 105 cm³/mol. The van der Waals surface area contributed by atoms with E-state index in [0.717, 1.165) is 5.39 Å². The lowest BCUT2D eigenvalue weighted by molar-refractivity contribution is -0.119. The molecule has 0 unspecified atom stereocenters. The Bertz CT molecular complexity index is 992. The Kier molecular flexibility index (Phi) is 5.93. The van der Waals surface area contributed by atoms with E-state index in [0.29, 0.717) is 10.4 Å². The van der Waals surface area contributed by atoms with Gasteiger partial charge in [0.15, 0.2) is 0 Å². The summed E-state index contributed by atoms with van der Waals surface area (Å²) in [5.41, 5.74) is 6.29. The molecular formula is C20H19N3O3S. The van der Waals surface area contributed by atoms with Crippen molar-refractivity contribution in [1.82, 2.24) is 10.3 Å². The van der Waals surface area contributed by atoms with Crippen LogP contribution in [0.1, 0.15) is 16.9 Å². The first-order valence-electron chi connectivity index (χ1n) is 8.44. The second-order valence-electron chi connectivity index (χ2n) is 5.97. The SMILES string of the molecule is NC(=O)[C@@H](CC[S@](=O)c1ccccc1)NC(=O)c1ccc2ccccc2n1. The van der Waals surface area contributed by atoms with E-state index >= 15 is 0 Å². The normalized spacial score (nSPS) is 13.0. The number of amides is 2. The van der Waals surface area contributed by atoms with Crippen LogP contribution in [0.4, 0.5) is 0 Å². The lowest BCUT2D eigenvalue weighted by Crippen LogP contribution is -2.45. The Morgan fingerprint density at radius 1 is 1.00 bits per heavy atom. The van der Waals surface area contributed by atoms with Crippen LogP contribution in [-0.2, 0) is 15.6 Å². The molecule has 0 aliphatic carbocycles. The maximum absolute atomic E-state index is 12.5. The first kappa shape index (κ1) is 18.7. The molecule has 0 spiro atoms. The number of nitrogens with one attached hydrogen (secondary N) is 1. The molecule has 0 aliphatic rings. The maximum Gasteiger partial charge on any atom is 0.270 e. The van der Waals surface area contributed by atoms with Gasteiger partial charge in [0.2, 0.25) is 5.91 Å². The zero-order valence-electron chi connectivity index (χ0n) is 14.5. The highest BCUT2D eigenvalue weighted by Gasteiger charge is 2.21. The van der Waals surface area contributed by atoms with Gasteiger partial charge in [-0.2, -0.15) is 0 Å². The Labute approximate surface area is 159 Å². The Hall–Kier alpha value is -3.06. The number of para-hydroxylation sites is 1. The molecular weight excluding hydrogens is 362 g/mol. The number of primary amides is 1. The van der Waals surface area contributed by atoms with Gasteiger partial charge in [-0.3, -0.25) is 13.8 Å². The number of hydrogen-bond acceptors (Lipinski definition) is 4. The first-order chi connectivity index (χ1) is 13.0. The minimum atomic E-state index is -1.27. The molecule has 3 aromatic rings. The number of aromatic nitrogens is 1. The van der Waals surface area contributed by atoms with Crippen LogP contribution < -0.4 is 11.1 Å². The number of pyridine rings is 1. The van der Waals surface area contributed by atoms with E-state index in [1.165, 1.54) is 0 Å². The topological polar surface area (TPSA) is 102 Å². The summed E-state index contributed by atoms with van der Waals surface area (Å²) in [6.07, 6.45) is 0.177. The van der Waals surface area contributed by atoms with Crippen molar-refractivity contribution < 1.29 is 13.8 Å². The highest BCUT2D eigenvalue weighted by Crippen LogP contribution is 2.12. The summed E-state index contributed by atoms with van der Waals surface area (Å²) in [7, 11) is -1.27. The van der Waals surface area contributed by atoms with Crippen LogP contribution >= 0.6 is 0 Å². The van der Waals surface area contributed by atoms with Crippen LogP contribution in [-0.4, -0.2) is 32.8 Å². The smallest absolute Gasteiger partial charge is 0.270 e. The van der Waals surface area contributed by atoms with Gasteiger partial charge in [-0.25, -0.2) is 4.98 Å². The van der Waals surface area contributed by atoms with E-state index in [9.17, 15) is 13.8 Å². The summed E-state index contributed by atoms with van der Waals surface area (Å²) < 4.78 is 12.3. The third-order valence-electron chi connectivity index (χ3n) is 4.08. The van der Waals surface area contributed by atoms with Crippen molar-refractivity contribution in [1.29, 1.82) is 0 Å². The third-order valence-corrected chi connectivity index (χ3v) is 5.48. The molecule has 6 nitrogen and oxygen atoms in total. The first-order valence-corrected chi connectivity index (χ1v) is 9.76. The summed E-state index contributed by atoms with van der Waals surface area (Å²) in [6, 6.07) is 18.8. The number of nitrogens with zero attached hydrogens (tertiary/aromatic N) is 1. The highest BCUT2D eigenvalue weighted by atomic mass is 32.2. The molecule has 1 heterocycles. The van der Waals surface area contributed by atoms with Crippen LogP contribution in [0, 0.1) is 0 Å². The van der Waals surface area contributed by atoms with Crippen LogP contribution in [0.15, 0.2) is 71.6 Å². The number of hydrogen-bond donors (Lipinski definition) is 2. The average Bonchev–Trinajstić information content (AvgIpc) is 2.70. The molecule has 27 heavy (non-hydrogen) atoms. The fourth-order valence-electron chi connectivity index (χ4n) is 2.63. The predicted octanol–water partition coefficient (Wildman–Crippen LogP) is 2.02. The second-order valence-corrected chi connectivity index (χ2v) is 7.54. The lowest BCUT2D eigenvalue weighted by Gasteiger charge is -2.15. The largest absolute Gasteiger partial charge is 0.368 e. The number of rotatable bonds is 7. The Balaban J connectivity index is 1.67. The van der Waals surface area contributed by atoms with E-state index in [4.69, 9.17) is 5.73 Å². The van der Waals surface area contributed by atoms with E-state index < -0.39 is 28.7 Å². The van der Waals surface area contributed by atoms with E-state index in [2.05, 4.69) is 10.3 Å². The van der Waals surface area contributed by atoms with Gasteiger partial charge in [0.05, 0.1) is 16.3 Å². The zero-order chi connectivity index (χ0) is 19.2. The summed E-state index contributed by atoms with van der Waals surface area (Å²) >= 11 is 0. The molecule has 3 N–H and O–H groups in total. The number of fused-ring (bicyclic) bond motifs is 1. The lowest BCUT2D eigenvalue weighted by atomic mass is 10.2. The van der Waals surface area contributed by atoms with Crippen LogP contribution in [0.3, 0.4) is 0 Å². The molecule has 0 saturated heterocycles. The number of carbonyl (C=O) groups excluding carboxylic acids is 2. The van der Waals surface area contributed by atoms with Gasteiger partial charge >= 0.3 is 0 Å². The standard InChI is InChI=1S/C20H19N3O3S/c21-19(24)17(12-13-27(26)15-7-2-1-3-8-15)23-20(25)18-11-10-14-6-4-5-9-16(14)22-18/h1-11,17H,12-13H2,(H2,21,24)(H,23,25)/t17-,27+/m1/s1. The van der Waals surface area contributed by atoms with Crippen LogP contribution in [0.5, 0.6) is 0 Å². The van der Waals surface area contributed by atoms with Crippen molar-refractivity contribution >= 4 is 33.5 Å². The van der Waals surface area contributed by atoms with Crippen molar-refractivity contribution in [3.8, 4) is 0 Å². The van der Waals surface area contributed by atoms with E-state index in [1.807, 2.05) is 24.3 Å². The molecule has 3 rings (SSSR count). The highest BCUT2D eigenvalue weighted by molar-refractivity contribution is 7.85. The van der Waals surface area contributed by atoms with Gasteiger partial charge in [-0.05, 0) is 30.7 Å².